The van der Waals surface area contributed by atoms with Gasteiger partial charge in [-0.05, 0) is 41.7 Å². The van der Waals surface area contributed by atoms with Crippen LogP contribution in [0.2, 0.25) is 5.02 Å². The van der Waals surface area contributed by atoms with Crippen LogP contribution in [0.1, 0.15) is 5.56 Å². The summed E-state index contributed by atoms with van der Waals surface area (Å²) in [4.78, 5) is 18.9. The number of amides is 1. The second-order valence-electron chi connectivity index (χ2n) is 5.58. The first-order valence-electron chi connectivity index (χ1n) is 7.82. The van der Waals surface area contributed by atoms with E-state index in [1.165, 1.54) is 28.9 Å². The van der Waals surface area contributed by atoms with Crippen LogP contribution in [-0.4, -0.2) is 27.6 Å². The summed E-state index contributed by atoms with van der Waals surface area (Å²) in [5, 5.41) is 0.626. The van der Waals surface area contributed by atoms with Crippen LogP contribution in [0.3, 0.4) is 0 Å². The highest BCUT2D eigenvalue weighted by atomic mass is 35.5. The Morgan fingerprint density at radius 3 is 2.88 bits per heavy atom. The van der Waals surface area contributed by atoms with Crippen LogP contribution in [0.5, 0.6) is 0 Å². The SMILES string of the molecule is O=C(CSc1nc(-c2ccccc2Cl)ns1)N1CCc2ccccc21. The minimum absolute atomic E-state index is 0.101. The number of benzene rings is 2. The second kappa shape index (κ2) is 7.15. The van der Waals surface area contributed by atoms with Crippen LogP contribution in [0, 0.1) is 0 Å². The largest absolute Gasteiger partial charge is 0.311 e. The number of thioether (sulfide) groups is 1. The Morgan fingerprint density at radius 1 is 1.20 bits per heavy atom. The maximum absolute atomic E-state index is 12.6. The van der Waals surface area contributed by atoms with Gasteiger partial charge in [0, 0.05) is 17.8 Å². The fourth-order valence-electron chi connectivity index (χ4n) is 2.82. The number of halogens is 1. The summed E-state index contributed by atoms with van der Waals surface area (Å²) in [5.74, 6) is 1.06. The molecule has 1 aliphatic heterocycles. The Kier molecular flexibility index (Phi) is 4.74. The van der Waals surface area contributed by atoms with Gasteiger partial charge in [0.2, 0.25) is 5.91 Å². The summed E-state index contributed by atoms with van der Waals surface area (Å²) in [5.41, 5.74) is 3.08. The molecule has 2 aromatic carbocycles. The molecule has 126 valence electrons. The van der Waals surface area contributed by atoms with Crippen LogP contribution < -0.4 is 4.90 Å². The lowest BCUT2D eigenvalue weighted by molar-refractivity contribution is -0.116. The van der Waals surface area contributed by atoms with Crippen molar-refractivity contribution in [3.63, 3.8) is 0 Å². The van der Waals surface area contributed by atoms with Crippen molar-refractivity contribution >= 4 is 46.5 Å². The van der Waals surface area contributed by atoms with Crippen molar-refractivity contribution in [3.05, 3.63) is 59.1 Å². The van der Waals surface area contributed by atoms with E-state index >= 15 is 0 Å². The number of hydrogen-bond donors (Lipinski definition) is 0. The van der Waals surface area contributed by atoms with Crippen molar-refractivity contribution < 1.29 is 4.79 Å². The molecule has 0 saturated heterocycles. The number of rotatable bonds is 4. The molecule has 3 aromatic rings. The normalized spacial score (nSPS) is 13.1. The lowest BCUT2D eigenvalue weighted by atomic mass is 10.2. The molecule has 4 rings (SSSR count). The van der Waals surface area contributed by atoms with Gasteiger partial charge in [0.1, 0.15) is 0 Å². The zero-order valence-electron chi connectivity index (χ0n) is 13.2. The molecule has 0 spiro atoms. The summed E-state index contributed by atoms with van der Waals surface area (Å²) in [7, 11) is 0. The lowest BCUT2D eigenvalue weighted by Crippen LogP contribution is -2.30. The number of hydrogen-bond acceptors (Lipinski definition) is 5. The zero-order valence-corrected chi connectivity index (χ0v) is 15.6. The molecule has 0 bridgehead atoms. The monoisotopic (exact) mass is 387 g/mol. The molecule has 7 heteroatoms. The summed E-state index contributed by atoms with van der Waals surface area (Å²) in [6.45, 7) is 0.750. The van der Waals surface area contributed by atoms with Gasteiger partial charge in [0.05, 0.1) is 10.8 Å². The Bertz CT molecular complexity index is 928. The van der Waals surface area contributed by atoms with Gasteiger partial charge in [0.25, 0.3) is 0 Å². The van der Waals surface area contributed by atoms with Gasteiger partial charge in [0.15, 0.2) is 10.2 Å². The number of fused-ring (bicyclic) bond motifs is 1. The molecule has 0 radical (unpaired) electrons. The minimum Gasteiger partial charge on any atom is -0.311 e. The van der Waals surface area contributed by atoms with Crippen LogP contribution in [0.15, 0.2) is 52.9 Å². The van der Waals surface area contributed by atoms with Gasteiger partial charge in [-0.2, -0.15) is 4.37 Å². The van der Waals surface area contributed by atoms with E-state index in [2.05, 4.69) is 15.4 Å². The van der Waals surface area contributed by atoms with Crippen molar-refractivity contribution in [2.75, 3.05) is 17.2 Å². The molecule has 0 aliphatic carbocycles. The molecular weight excluding hydrogens is 374 g/mol. The summed E-state index contributed by atoms with van der Waals surface area (Å²) < 4.78 is 5.13. The van der Waals surface area contributed by atoms with Crippen LogP contribution >= 0.6 is 34.9 Å². The Morgan fingerprint density at radius 2 is 2.00 bits per heavy atom. The van der Waals surface area contributed by atoms with E-state index in [1.807, 2.05) is 47.4 Å². The van der Waals surface area contributed by atoms with Gasteiger partial charge in [-0.3, -0.25) is 4.79 Å². The molecule has 0 unspecified atom stereocenters. The van der Waals surface area contributed by atoms with E-state index in [1.54, 1.807) is 0 Å². The average molecular weight is 388 g/mol. The molecule has 0 N–H and O–H groups in total. The smallest absolute Gasteiger partial charge is 0.237 e. The van der Waals surface area contributed by atoms with Crippen LogP contribution in [-0.2, 0) is 11.2 Å². The zero-order chi connectivity index (χ0) is 17.2. The molecule has 1 amide bonds. The van der Waals surface area contributed by atoms with Gasteiger partial charge in [-0.1, -0.05) is 53.7 Å². The molecule has 2 heterocycles. The van der Waals surface area contributed by atoms with E-state index in [4.69, 9.17) is 11.6 Å². The molecule has 1 aliphatic rings. The first kappa shape index (κ1) is 16.6. The highest BCUT2D eigenvalue weighted by molar-refractivity contribution is 8.01. The summed E-state index contributed by atoms with van der Waals surface area (Å²) in [6.07, 6.45) is 0.919. The van der Waals surface area contributed by atoms with E-state index in [-0.39, 0.29) is 5.91 Å². The third kappa shape index (κ3) is 3.42. The van der Waals surface area contributed by atoms with Crippen LogP contribution in [0.4, 0.5) is 5.69 Å². The number of para-hydroxylation sites is 1. The van der Waals surface area contributed by atoms with Crippen molar-refractivity contribution in [1.29, 1.82) is 0 Å². The van der Waals surface area contributed by atoms with Gasteiger partial charge >= 0.3 is 0 Å². The van der Waals surface area contributed by atoms with E-state index < -0.39 is 0 Å². The van der Waals surface area contributed by atoms with E-state index in [0.29, 0.717) is 16.6 Å². The summed E-state index contributed by atoms with van der Waals surface area (Å²) in [6, 6.07) is 15.6. The number of nitrogens with zero attached hydrogens (tertiary/aromatic N) is 3. The quantitative estimate of drug-likeness (QED) is 0.616. The highest BCUT2D eigenvalue weighted by Gasteiger charge is 2.24. The first-order chi connectivity index (χ1) is 12.2. The van der Waals surface area contributed by atoms with Crippen molar-refractivity contribution in [2.45, 2.75) is 10.8 Å². The van der Waals surface area contributed by atoms with Gasteiger partial charge < -0.3 is 4.90 Å². The Balaban J connectivity index is 1.43. The Labute approximate surface area is 159 Å². The van der Waals surface area contributed by atoms with Gasteiger partial charge in [-0.15, -0.1) is 0 Å². The summed E-state index contributed by atoms with van der Waals surface area (Å²) >= 11 is 8.90. The molecule has 0 atom stereocenters. The fraction of sp³-hybridized carbons (Fsp3) is 0.167. The topological polar surface area (TPSA) is 46.1 Å². The molecule has 1 aromatic heterocycles. The predicted molar refractivity (Wildman–Crippen MR) is 104 cm³/mol. The first-order valence-corrected chi connectivity index (χ1v) is 9.96. The average Bonchev–Trinajstić information content (AvgIpc) is 3.27. The lowest BCUT2D eigenvalue weighted by Gasteiger charge is -2.16. The van der Waals surface area contributed by atoms with Gasteiger partial charge in [-0.25, -0.2) is 4.98 Å². The number of carbonyl (C=O) groups excluding carboxylic acids is 1. The molecule has 4 nitrogen and oxygen atoms in total. The Hall–Kier alpha value is -1.89. The van der Waals surface area contributed by atoms with Crippen molar-refractivity contribution in [2.24, 2.45) is 0 Å². The third-order valence-electron chi connectivity index (χ3n) is 4.03. The predicted octanol–water partition coefficient (Wildman–Crippen LogP) is 4.54. The molecule has 25 heavy (non-hydrogen) atoms. The minimum atomic E-state index is 0.101. The maximum Gasteiger partial charge on any atom is 0.237 e. The standard InChI is InChI=1S/C18H14ClN3OS2/c19-14-7-3-2-6-13(14)17-20-18(25-21-17)24-11-16(23)22-10-9-12-5-1-4-8-15(12)22/h1-8H,9-11H2. The molecular formula is C18H14ClN3OS2. The fourth-order valence-corrected chi connectivity index (χ4v) is 4.52. The van der Waals surface area contributed by atoms with Crippen molar-refractivity contribution in [1.82, 2.24) is 9.36 Å². The second-order valence-corrected chi connectivity index (χ2v) is 7.96. The molecule has 0 fully saturated rings. The van der Waals surface area contributed by atoms with Crippen LogP contribution in [0.25, 0.3) is 11.4 Å². The number of anilines is 1. The van der Waals surface area contributed by atoms with E-state index in [0.717, 1.165) is 28.6 Å². The molecule has 0 saturated carbocycles. The van der Waals surface area contributed by atoms with Crippen molar-refractivity contribution in [3.8, 4) is 11.4 Å². The number of aromatic nitrogens is 2. The third-order valence-corrected chi connectivity index (χ3v) is 6.18. The maximum atomic E-state index is 12.6. The number of carbonyl (C=O) groups is 1. The highest BCUT2D eigenvalue weighted by Crippen LogP contribution is 2.31. The van der Waals surface area contributed by atoms with E-state index in [9.17, 15) is 4.79 Å².